The van der Waals surface area contributed by atoms with Gasteiger partial charge >= 0.3 is 6.18 Å². The molecule has 2 aromatic rings. The molecule has 162 valence electrons. The summed E-state index contributed by atoms with van der Waals surface area (Å²) in [5.41, 5.74) is 0.377. The monoisotopic (exact) mass is 486 g/mol. The molecule has 2 aliphatic heterocycles. The van der Waals surface area contributed by atoms with Crippen molar-refractivity contribution >= 4 is 27.7 Å². The van der Waals surface area contributed by atoms with Crippen LogP contribution in [0.5, 0.6) is 0 Å². The minimum absolute atomic E-state index is 0.0156. The van der Waals surface area contributed by atoms with Gasteiger partial charge in [-0.1, -0.05) is 28.1 Å². The van der Waals surface area contributed by atoms with Crippen LogP contribution in [-0.4, -0.2) is 48.1 Å². The molecule has 10 heteroatoms. The lowest BCUT2D eigenvalue weighted by Crippen LogP contribution is -2.53. The van der Waals surface area contributed by atoms with Gasteiger partial charge < -0.3 is 14.5 Å². The molecule has 0 aliphatic carbocycles. The first-order valence-electron chi connectivity index (χ1n) is 9.81. The first-order chi connectivity index (χ1) is 14.3. The topological polar surface area (TPSA) is 50.6 Å². The van der Waals surface area contributed by atoms with E-state index in [1.165, 1.54) is 15.5 Å². The smallest absolute Gasteiger partial charge is 0.378 e. The first-order valence-corrected chi connectivity index (χ1v) is 10.6. The third kappa shape index (κ3) is 4.07. The molecule has 1 unspecified atom stereocenters. The summed E-state index contributed by atoms with van der Waals surface area (Å²) in [6.07, 6.45) is -4.64. The van der Waals surface area contributed by atoms with Gasteiger partial charge in [-0.3, -0.25) is 9.36 Å². The fourth-order valence-electron chi connectivity index (χ4n) is 4.04. The lowest BCUT2D eigenvalue weighted by molar-refractivity contribution is -0.154. The summed E-state index contributed by atoms with van der Waals surface area (Å²) in [6, 6.07) is 6.22. The maximum Gasteiger partial charge on any atom is 0.408 e. The minimum atomic E-state index is -4.44. The van der Waals surface area contributed by atoms with E-state index in [-0.39, 0.29) is 24.5 Å². The third-order valence-corrected chi connectivity index (χ3v) is 6.18. The zero-order valence-corrected chi connectivity index (χ0v) is 18.0. The Morgan fingerprint density at radius 3 is 2.47 bits per heavy atom. The normalized spacial score (nSPS) is 20.8. The summed E-state index contributed by atoms with van der Waals surface area (Å²) in [7, 11) is 0. The number of aromatic nitrogens is 2. The molecule has 0 spiro atoms. The Hall–Kier alpha value is -2.07. The fraction of sp³-hybridized carbons (Fsp3) is 0.500. The molecule has 30 heavy (non-hydrogen) atoms. The molecule has 6 nitrogen and oxygen atoms in total. The van der Waals surface area contributed by atoms with Crippen LogP contribution in [0.3, 0.4) is 0 Å². The fourth-order valence-corrected chi connectivity index (χ4v) is 4.30. The Balaban J connectivity index is 1.81. The van der Waals surface area contributed by atoms with E-state index in [2.05, 4.69) is 20.9 Å². The summed E-state index contributed by atoms with van der Waals surface area (Å²) < 4.78 is 49.5. The average molecular weight is 487 g/mol. The van der Waals surface area contributed by atoms with Gasteiger partial charge in [0.05, 0.1) is 19.3 Å². The summed E-state index contributed by atoms with van der Waals surface area (Å²) in [4.78, 5) is 20.5. The van der Waals surface area contributed by atoms with Gasteiger partial charge in [-0.25, -0.2) is 0 Å². The molecule has 3 heterocycles. The number of nitrogens with zero attached hydrogens (tertiary/aromatic N) is 4. The number of hydrogen-bond acceptors (Lipinski definition) is 5. The van der Waals surface area contributed by atoms with Gasteiger partial charge in [-0.2, -0.15) is 18.2 Å². The Labute approximate surface area is 180 Å². The quantitative estimate of drug-likeness (QED) is 0.661. The Morgan fingerprint density at radius 1 is 1.17 bits per heavy atom. The van der Waals surface area contributed by atoms with Crippen molar-refractivity contribution in [3.8, 4) is 0 Å². The highest BCUT2D eigenvalue weighted by atomic mass is 79.9. The second kappa shape index (κ2) is 8.22. The van der Waals surface area contributed by atoms with E-state index in [1.807, 2.05) is 4.90 Å². The van der Waals surface area contributed by atoms with Crippen LogP contribution in [0.1, 0.15) is 24.9 Å². The van der Waals surface area contributed by atoms with Gasteiger partial charge in [0.2, 0.25) is 5.95 Å². The molecule has 0 amide bonds. The second-order valence-corrected chi connectivity index (χ2v) is 8.40. The third-order valence-electron chi connectivity index (χ3n) is 5.65. The molecular formula is C20H22BrF3N4O2. The molecule has 2 atom stereocenters. The van der Waals surface area contributed by atoms with Crippen molar-refractivity contribution in [2.24, 2.45) is 0 Å². The zero-order chi connectivity index (χ0) is 21.5. The van der Waals surface area contributed by atoms with E-state index >= 15 is 0 Å². The van der Waals surface area contributed by atoms with E-state index in [1.54, 1.807) is 31.2 Å². The number of fused-ring (bicyclic) bond motifs is 1. The van der Waals surface area contributed by atoms with Crippen molar-refractivity contribution in [1.29, 1.82) is 0 Å². The summed E-state index contributed by atoms with van der Waals surface area (Å²) in [6.45, 7) is 3.76. The largest absolute Gasteiger partial charge is 0.408 e. The van der Waals surface area contributed by atoms with Gasteiger partial charge in [0.1, 0.15) is 11.9 Å². The lowest BCUT2D eigenvalue weighted by atomic mass is 10.0. The first kappa shape index (κ1) is 21.2. The molecule has 0 radical (unpaired) electrons. The van der Waals surface area contributed by atoms with Crippen LogP contribution in [0.2, 0.25) is 0 Å². The van der Waals surface area contributed by atoms with Gasteiger partial charge in [-0.05, 0) is 31.0 Å². The van der Waals surface area contributed by atoms with Crippen molar-refractivity contribution in [2.75, 3.05) is 36.1 Å². The molecule has 2 aliphatic rings. The van der Waals surface area contributed by atoms with Crippen molar-refractivity contribution in [1.82, 2.24) is 9.55 Å². The zero-order valence-electron chi connectivity index (χ0n) is 16.4. The average Bonchev–Trinajstić information content (AvgIpc) is 2.73. The van der Waals surface area contributed by atoms with Crippen LogP contribution in [0, 0.1) is 0 Å². The number of rotatable bonds is 3. The summed E-state index contributed by atoms with van der Waals surface area (Å²) in [5.74, 6) is 0.457. The Bertz CT molecular complexity index is 958. The molecule has 0 N–H and O–H groups in total. The minimum Gasteiger partial charge on any atom is -0.378 e. The van der Waals surface area contributed by atoms with Crippen LogP contribution < -0.4 is 15.4 Å². The lowest BCUT2D eigenvalue weighted by Gasteiger charge is -2.43. The van der Waals surface area contributed by atoms with Crippen LogP contribution in [0.15, 0.2) is 39.6 Å². The predicted molar refractivity (Wildman–Crippen MR) is 111 cm³/mol. The van der Waals surface area contributed by atoms with Gasteiger partial charge in [0, 0.05) is 30.2 Å². The highest BCUT2D eigenvalue weighted by molar-refractivity contribution is 9.10. The van der Waals surface area contributed by atoms with Gasteiger partial charge in [0.15, 0.2) is 0 Å². The molecular weight excluding hydrogens is 465 g/mol. The number of hydrogen-bond donors (Lipinski definition) is 0. The highest BCUT2D eigenvalue weighted by Gasteiger charge is 2.48. The number of alkyl halides is 3. The molecule has 0 bridgehead atoms. The van der Waals surface area contributed by atoms with E-state index in [0.717, 1.165) is 4.47 Å². The predicted octanol–water partition coefficient (Wildman–Crippen LogP) is 3.74. The summed E-state index contributed by atoms with van der Waals surface area (Å²) >= 11 is 3.36. The Kier molecular flexibility index (Phi) is 5.80. The van der Waals surface area contributed by atoms with E-state index in [9.17, 15) is 18.0 Å². The van der Waals surface area contributed by atoms with Crippen LogP contribution in [0.25, 0.3) is 0 Å². The maximum absolute atomic E-state index is 14.0. The molecule has 1 fully saturated rings. The van der Waals surface area contributed by atoms with Gasteiger partial charge in [-0.15, -0.1) is 0 Å². The molecule has 0 saturated carbocycles. The highest BCUT2D eigenvalue weighted by Crippen LogP contribution is 2.39. The maximum atomic E-state index is 14.0. The standard InChI is InChI=1S/C20H22BrF3N4O2/c1-13(14-2-4-15(21)5-3-14)28-16(20(22,23)24)6-7-27-18(29)12-17(25-19(27)28)26-8-10-30-11-9-26/h2-5,12-13,16H,6-11H2,1H3/t13-,16?/m0/s1. The number of halogens is 4. The number of benzene rings is 1. The van der Waals surface area contributed by atoms with Crippen molar-refractivity contribution in [2.45, 2.75) is 38.1 Å². The van der Waals surface area contributed by atoms with Crippen molar-refractivity contribution in [3.05, 3.63) is 50.7 Å². The number of morpholine rings is 1. The Morgan fingerprint density at radius 2 is 1.83 bits per heavy atom. The van der Waals surface area contributed by atoms with E-state index in [4.69, 9.17) is 4.74 Å². The van der Waals surface area contributed by atoms with Gasteiger partial charge in [0.25, 0.3) is 5.56 Å². The molecule has 4 rings (SSSR count). The molecule has 1 aromatic heterocycles. The van der Waals surface area contributed by atoms with Crippen molar-refractivity contribution < 1.29 is 17.9 Å². The summed E-state index contributed by atoms with van der Waals surface area (Å²) in [5, 5.41) is 0. The van der Waals surface area contributed by atoms with E-state index in [0.29, 0.717) is 37.7 Å². The molecule has 1 aromatic carbocycles. The van der Waals surface area contributed by atoms with Crippen molar-refractivity contribution in [3.63, 3.8) is 0 Å². The van der Waals surface area contributed by atoms with Crippen LogP contribution in [-0.2, 0) is 11.3 Å². The van der Waals surface area contributed by atoms with Crippen LogP contribution in [0.4, 0.5) is 24.9 Å². The SMILES string of the molecule is C[C@@H](c1ccc(Br)cc1)N1c2nc(N3CCOCC3)cc(=O)n2CCC1C(F)(F)F. The second-order valence-electron chi connectivity index (χ2n) is 7.48. The number of ether oxygens (including phenoxy) is 1. The number of anilines is 2. The van der Waals surface area contributed by atoms with E-state index < -0.39 is 18.3 Å². The molecule has 1 saturated heterocycles. The van der Waals surface area contributed by atoms with Crippen LogP contribution >= 0.6 is 15.9 Å².